The highest BCUT2D eigenvalue weighted by molar-refractivity contribution is 5.72. The summed E-state index contributed by atoms with van der Waals surface area (Å²) in [5.41, 5.74) is 5.24. The molecular weight excluding hydrogens is 184 g/mol. The molecule has 15 heavy (non-hydrogen) atoms. The number of hydrogen-bond acceptors (Lipinski definition) is 1. The molecule has 1 aromatic heterocycles. The Morgan fingerprint density at radius 3 is 2.60 bits per heavy atom. The van der Waals surface area contributed by atoms with Crippen molar-refractivity contribution >= 4 is 0 Å². The van der Waals surface area contributed by atoms with Crippen molar-refractivity contribution in [1.82, 2.24) is 4.98 Å². The summed E-state index contributed by atoms with van der Waals surface area (Å²) in [5, 5.41) is 8.94. The molecule has 0 saturated carbocycles. The first-order valence-corrected chi connectivity index (χ1v) is 4.87. The van der Waals surface area contributed by atoms with Gasteiger partial charge in [-0.1, -0.05) is 23.8 Å². The smallest absolute Gasteiger partial charge is 0.101 e. The second-order valence-electron chi connectivity index (χ2n) is 3.71. The monoisotopic (exact) mass is 196 g/mol. The predicted octanol–water partition coefficient (Wildman–Crippen LogP) is 3.17. The topological polar surface area (TPSA) is 39.6 Å². The predicted molar refractivity (Wildman–Crippen MR) is 60.4 cm³/mol. The molecule has 0 saturated heterocycles. The standard InChI is InChI=1S/C13H12N2/c1-9-3-4-12(10(2)5-9)13-8-15-7-11(13)6-14/h3-5,7-8,15H,1-2H3. The highest BCUT2D eigenvalue weighted by Gasteiger charge is 2.07. The Morgan fingerprint density at radius 1 is 1.13 bits per heavy atom. The van der Waals surface area contributed by atoms with Gasteiger partial charge < -0.3 is 4.98 Å². The maximum absolute atomic E-state index is 8.94. The molecule has 1 heterocycles. The van der Waals surface area contributed by atoms with Gasteiger partial charge in [0.15, 0.2) is 0 Å². The Morgan fingerprint density at radius 2 is 1.93 bits per heavy atom. The molecule has 2 heteroatoms. The van der Waals surface area contributed by atoms with Crippen LogP contribution in [-0.4, -0.2) is 4.98 Å². The van der Waals surface area contributed by atoms with Crippen molar-refractivity contribution in [3.8, 4) is 17.2 Å². The Kier molecular flexibility index (Phi) is 2.31. The van der Waals surface area contributed by atoms with Gasteiger partial charge in [-0.05, 0) is 25.0 Å². The second kappa shape index (κ2) is 3.62. The maximum Gasteiger partial charge on any atom is 0.101 e. The van der Waals surface area contributed by atoms with E-state index >= 15 is 0 Å². The van der Waals surface area contributed by atoms with E-state index in [1.54, 1.807) is 6.20 Å². The third-order valence-corrected chi connectivity index (χ3v) is 2.54. The number of nitrogens with one attached hydrogen (secondary N) is 1. The van der Waals surface area contributed by atoms with Crippen LogP contribution in [-0.2, 0) is 0 Å². The molecule has 0 atom stereocenters. The van der Waals surface area contributed by atoms with Crippen LogP contribution in [0.5, 0.6) is 0 Å². The van der Waals surface area contributed by atoms with Gasteiger partial charge in [0.05, 0.1) is 5.56 Å². The third-order valence-electron chi connectivity index (χ3n) is 2.54. The number of hydrogen-bond donors (Lipinski definition) is 1. The average molecular weight is 196 g/mol. The van der Waals surface area contributed by atoms with Crippen molar-refractivity contribution in [2.24, 2.45) is 0 Å². The number of aromatic nitrogens is 1. The van der Waals surface area contributed by atoms with Gasteiger partial charge in [-0.3, -0.25) is 0 Å². The summed E-state index contributed by atoms with van der Waals surface area (Å²) >= 11 is 0. The summed E-state index contributed by atoms with van der Waals surface area (Å²) in [5.74, 6) is 0. The van der Waals surface area contributed by atoms with Crippen molar-refractivity contribution in [2.45, 2.75) is 13.8 Å². The molecule has 2 nitrogen and oxygen atoms in total. The van der Waals surface area contributed by atoms with Crippen LogP contribution in [0.15, 0.2) is 30.6 Å². The molecule has 0 bridgehead atoms. The molecule has 0 fully saturated rings. The van der Waals surface area contributed by atoms with Crippen molar-refractivity contribution in [3.05, 3.63) is 47.3 Å². The zero-order valence-corrected chi connectivity index (χ0v) is 8.83. The minimum absolute atomic E-state index is 0.696. The Bertz CT molecular complexity index is 530. The van der Waals surface area contributed by atoms with Gasteiger partial charge in [-0.25, -0.2) is 0 Å². The fourth-order valence-corrected chi connectivity index (χ4v) is 1.79. The number of aryl methyl sites for hydroxylation is 2. The van der Waals surface area contributed by atoms with E-state index in [0.29, 0.717) is 5.56 Å². The SMILES string of the molecule is Cc1ccc(-c2c[nH]cc2C#N)c(C)c1. The molecule has 0 spiro atoms. The summed E-state index contributed by atoms with van der Waals surface area (Å²) < 4.78 is 0. The zero-order valence-electron chi connectivity index (χ0n) is 8.83. The summed E-state index contributed by atoms with van der Waals surface area (Å²) in [6.07, 6.45) is 3.60. The third kappa shape index (κ3) is 1.64. The van der Waals surface area contributed by atoms with Crippen LogP contribution in [0, 0.1) is 25.2 Å². The van der Waals surface area contributed by atoms with Crippen LogP contribution < -0.4 is 0 Å². The molecule has 0 amide bonds. The van der Waals surface area contributed by atoms with Crippen LogP contribution in [0.25, 0.3) is 11.1 Å². The normalized spacial score (nSPS) is 9.93. The quantitative estimate of drug-likeness (QED) is 0.747. The van der Waals surface area contributed by atoms with Crippen molar-refractivity contribution in [3.63, 3.8) is 0 Å². The number of nitriles is 1. The van der Waals surface area contributed by atoms with Crippen LogP contribution in [0.1, 0.15) is 16.7 Å². The van der Waals surface area contributed by atoms with E-state index in [1.165, 1.54) is 11.1 Å². The fourth-order valence-electron chi connectivity index (χ4n) is 1.79. The first-order chi connectivity index (χ1) is 7.22. The van der Waals surface area contributed by atoms with E-state index in [1.807, 2.05) is 6.20 Å². The van der Waals surface area contributed by atoms with Gasteiger partial charge in [-0.2, -0.15) is 5.26 Å². The van der Waals surface area contributed by atoms with E-state index in [9.17, 15) is 0 Å². The van der Waals surface area contributed by atoms with Crippen LogP contribution in [0.3, 0.4) is 0 Å². The van der Waals surface area contributed by atoms with Crippen LogP contribution >= 0.6 is 0 Å². The summed E-state index contributed by atoms with van der Waals surface area (Å²) in [6.45, 7) is 4.13. The highest BCUT2D eigenvalue weighted by Crippen LogP contribution is 2.26. The van der Waals surface area contributed by atoms with Gasteiger partial charge in [0.2, 0.25) is 0 Å². The number of aromatic amines is 1. The average Bonchev–Trinajstić information content (AvgIpc) is 2.65. The fraction of sp³-hybridized carbons (Fsp3) is 0.154. The number of benzene rings is 1. The van der Waals surface area contributed by atoms with Gasteiger partial charge in [0.1, 0.15) is 6.07 Å². The molecule has 74 valence electrons. The van der Waals surface area contributed by atoms with Gasteiger partial charge >= 0.3 is 0 Å². The molecule has 2 rings (SSSR count). The molecule has 0 aliphatic rings. The molecule has 0 aliphatic heterocycles. The van der Waals surface area contributed by atoms with E-state index < -0.39 is 0 Å². The summed E-state index contributed by atoms with van der Waals surface area (Å²) in [6, 6.07) is 8.44. The molecule has 1 N–H and O–H groups in total. The molecule has 0 unspecified atom stereocenters. The van der Waals surface area contributed by atoms with Gasteiger partial charge in [0.25, 0.3) is 0 Å². The van der Waals surface area contributed by atoms with Crippen molar-refractivity contribution in [2.75, 3.05) is 0 Å². The maximum atomic E-state index is 8.94. The minimum Gasteiger partial charge on any atom is -0.366 e. The Hall–Kier alpha value is -2.01. The number of nitrogens with zero attached hydrogens (tertiary/aromatic N) is 1. The molecule has 1 aromatic carbocycles. The lowest BCUT2D eigenvalue weighted by molar-refractivity contribution is 1.37. The van der Waals surface area contributed by atoms with Crippen molar-refractivity contribution in [1.29, 1.82) is 5.26 Å². The number of rotatable bonds is 1. The first-order valence-electron chi connectivity index (χ1n) is 4.87. The molecule has 2 aromatic rings. The number of H-pyrrole nitrogens is 1. The molecular formula is C13H12N2. The van der Waals surface area contributed by atoms with E-state index in [-0.39, 0.29) is 0 Å². The highest BCUT2D eigenvalue weighted by atomic mass is 14.6. The molecule has 0 radical (unpaired) electrons. The van der Waals surface area contributed by atoms with E-state index in [4.69, 9.17) is 5.26 Å². The molecule has 0 aliphatic carbocycles. The zero-order chi connectivity index (χ0) is 10.8. The van der Waals surface area contributed by atoms with Crippen LogP contribution in [0.4, 0.5) is 0 Å². The lowest BCUT2D eigenvalue weighted by atomic mass is 9.98. The van der Waals surface area contributed by atoms with E-state index in [2.05, 4.69) is 43.1 Å². The summed E-state index contributed by atoms with van der Waals surface area (Å²) in [4.78, 5) is 2.97. The summed E-state index contributed by atoms with van der Waals surface area (Å²) in [7, 11) is 0. The Labute approximate surface area is 89.2 Å². The largest absolute Gasteiger partial charge is 0.366 e. The second-order valence-corrected chi connectivity index (χ2v) is 3.71. The van der Waals surface area contributed by atoms with Crippen LogP contribution in [0.2, 0.25) is 0 Å². The Balaban J connectivity index is 2.60. The minimum atomic E-state index is 0.696. The van der Waals surface area contributed by atoms with Gasteiger partial charge in [0, 0.05) is 18.0 Å². The van der Waals surface area contributed by atoms with E-state index in [0.717, 1.165) is 11.1 Å². The van der Waals surface area contributed by atoms with Crippen molar-refractivity contribution < 1.29 is 0 Å². The lowest BCUT2D eigenvalue weighted by Gasteiger charge is -2.05. The van der Waals surface area contributed by atoms with Gasteiger partial charge in [-0.15, -0.1) is 0 Å². The lowest BCUT2D eigenvalue weighted by Crippen LogP contribution is -1.84. The first kappa shape index (κ1) is 9.54.